The van der Waals surface area contributed by atoms with E-state index >= 15 is 0 Å². The summed E-state index contributed by atoms with van der Waals surface area (Å²) < 4.78 is 0. The summed E-state index contributed by atoms with van der Waals surface area (Å²) in [6.45, 7) is 7.51. The highest BCUT2D eigenvalue weighted by atomic mass is 16.3. The van der Waals surface area contributed by atoms with E-state index in [1.807, 2.05) is 0 Å². The molecular formula is C18H28N2O. The maximum atomic E-state index is 10.4. The monoisotopic (exact) mass is 288 g/mol. The first-order valence-electron chi connectivity index (χ1n) is 8.49. The molecular weight excluding hydrogens is 260 g/mol. The molecule has 1 aliphatic carbocycles. The lowest BCUT2D eigenvalue weighted by Gasteiger charge is -2.35. The fourth-order valence-electron chi connectivity index (χ4n) is 3.30. The second-order valence-corrected chi connectivity index (χ2v) is 6.58. The van der Waals surface area contributed by atoms with E-state index in [0.717, 1.165) is 37.7 Å². The maximum absolute atomic E-state index is 10.4. The van der Waals surface area contributed by atoms with Crippen LogP contribution in [0.5, 0.6) is 0 Å². The van der Waals surface area contributed by atoms with Crippen LogP contribution in [0, 0.1) is 0 Å². The Balaban J connectivity index is 1.48. The van der Waals surface area contributed by atoms with Crippen molar-refractivity contribution in [2.75, 3.05) is 32.7 Å². The number of β-amino-alcohol motifs (C(OH)–C–C–N with tert-alkyl or cyclic N) is 1. The van der Waals surface area contributed by atoms with Gasteiger partial charge in [-0.3, -0.25) is 9.80 Å². The van der Waals surface area contributed by atoms with Gasteiger partial charge in [0.25, 0.3) is 0 Å². The third kappa shape index (κ3) is 4.06. The quantitative estimate of drug-likeness (QED) is 0.871. The van der Waals surface area contributed by atoms with Gasteiger partial charge in [-0.05, 0) is 30.4 Å². The molecule has 1 atom stereocenters. The molecule has 1 N–H and O–H groups in total. The molecule has 1 aromatic carbocycles. The van der Waals surface area contributed by atoms with Crippen molar-refractivity contribution in [1.82, 2.24) is 9.80 Å². The third-order valence-corrected chi connectivity index (χ3v) is 4.80. The van der Waals surface area contributed by atoms with Crippen molar-refractivity contribution in [2.45, 2.75) is 44.8 Å². The van der Waals surface area contributed by atoms with Gasteiger partial charge in [0.1, 0.15) is 0 Å². The van der Waals surface area contributed by atoms with Crippen LogP contribution in [0.4, 0.5) is 0 Å². The minimum atomic E-state index is -0.354. The zero-order valence-electron chi connectivity index (χ0n) is 13.2. The first-order chi connectivity index (χ1) is 10.3. The van der Waals surface area contributed by atoms with Crippen molar-refractivity contribution < 1.29 is 5.11 Å². The summed E-state index contributed by atoms with van der Waals surface area (Å²) in [7, 11) is 0. The predicted molar refractivity (Wildman–Crippen MR) is 86.4 cm³/mol. The van der Waals surface area contributed by atoms with Crippen LogP contribution < -0.4 is 0 Å². The molecule has 1 heterocycles. The van der Waals surface area contributed by atoms with Gasteiger partial charge in [0.15, 0.2) is 0 Å². The van der Waals surface area contributed by atoms with Crippen LogP contribution in [0.3, 0.4) is 0 Å². The van der Waals surface area contributed by atoms with Gasteiger partial charge in [0.05, 0.1) is 6.10 Å². The van der Waals surface area contributed by atoms with Crippen LogP contribution in [0.25, 0.3) is 0 Å². The first kappa shape index (κ1) is 15.0. The van der Waals surface area contributed by atoms with Gasteiger partial charge in [-0.1, -0.05) is 37.6 Å². The number of rotatable bonds is 6. The predicted octanol–water partition coefficient (Wildman–Crippen LogP) is 2.45. The van der Waals surface area contributed by atoms with Crippen LogP contribution in [0.2, 0.25) is 0 Å². The lowest BCUT2D eigenvalue weighted by atomic mass is 10.0. The molecule has 0 radical (unpaired) electrons. The van der Waals surface area contributed by atoms with Crippen molar-refractivity contribution in [3.63, 3.8) is 0 Å². The molecule has 1 aliphatic heterocycles. The maximum Gasteiger partial charge on any atom is 0.0916 e. The Bertz CT molecular complexity index is 433. The summed E-state index contributed by atoms with van der Waals surface area (Å²) in [5.74, 6) is 0. The van der Waals surface area contributed by atoms with Gasteiger partial charge in [-0.25, -0.2) is 0 Å². The summed E-state index contributed by atoms with van der Waals surface area (Å²) in [5.41, 5.74) is 2.42. The number of aliphatic hydroxyl groups is 1. The van der Waals surface area contributed by atoms with E-state index in [2.05, 4.69) is 41.0 Å². The molecule has 1 aromatic rings. The highest BCUT2D eigenvalue weighted by molar-refractivity contribution is 5.24. The van der Waals surface area contributed by atoms with Crippen LogP contribution in [-0.4, -0.2) is 53.7 Å². The van der Waals surface area contributed by atoms with Crippen molar-refractivity contribution >= 4 is 0 Å². The second kappa shape index (κ2) is 6.91. The lowest BCUT2D eigenvalue weighted by Crippen LogP contribution is -2.48. The van der Waals surface area contributed by atoms with E-state index in [-0.39, 0.29) is 6.10 Å². The summed E-state index contributed by atoms with van der Waals surface area (Å²) in [6.07, 6.45) is 4.74. The number of hydrogen-bond donors (Lipinski definition) is 1. The molecule has 1 saturated carbocycles. The number of aliphatic hydroxyl groups excluding tert-OH is 1. The largest absolute Gasteiger partial charge is 0.387 e. The molecule has 21 heavy (non-hydrogen) atoms. The van der Waals surface area contributed by atoms with E-state index in [9.17, 15) is 5.11 Å². The molecule has 2 aliphatic rings. The van der Waals surface area contributed by atoms with E-state index in [0.29, 0.717) is 0 Å². The second-order valence-electron chi connectivity index (χ2n) is 6.58. The molecule has 3 heteroatoms. The highest BCUT2D eigenvalue weighted by Gasteiger charge is 2.31. The molecule has 0 aromatic heterocycles. The number of piperazine rings is 1. The molecule has 1 saturated heterocycles. The fraction of sp³-hybridized carbons (Fsp3) is 0.667. The lowest BCUT2D eigenvalue weighted by molar-refractivity contribution is 0.0700. The number of hydrogen-bond acceptors (Lipinski definition) is 3. The van der Waals surface area contributed by atoms with Gasteiger partial charge in [0, 0.05) is 38.8 Å². The Morgan fingerprint density at radius 3 is 2.33 bits per heavy atom. The van der Waals surface area contributed by atoms with E-state index in [1.54, 1.807) is 0 Å². The van der Waals surface area contributed by atoms with Gasteiger partial charge in [0.2, 0.25) is 0 Å². The number of benzene rings is 1. The Labute approximate surface area is 128 Å². The van der Waals surface area contributed by atoms with Crippen molar-refractivity contribution in [2.24, 2.45) is 0 Å². The van der Waals surface area contributed by atoms with Crippen LogP contribution in [0.1, 0.15) is 43.4 Å². The van der Waals surface area contributed by atoms with Gasteiger partial charge < -0.3 is 5.11 Å². The molecule has 1 unspecified atom stereocenters. The van der Waals surface area contributed by atoms with Crippen LogP contribution in [0.15, 0.2) is 24.3 Å². The molecule has 3 nitrogen and oxygen atoms in total. The standard InChI is InChI=1S/C18H28N2O/c1-2-3-15-4-6-16(7-5-15)18(21)14-19-10-12-20(13-11-19)17-8-9-17/h4-7,17-18,21H,2-3,8-14H2,1H3. The average molecular weight is 288 g/mol. The number of aryl methyl sites for hydroxylation is 1. The molecule has 2 fully saturated rings. The van der Waals surface area contributed by atoms with Gasteiger partial charge in [-0.15, -0.1) is 0 Å². The molecule has 0 bridgehead atoms. The summed E-state index contributed by atoms with van der Waals surface area (Å²) in [5, 5.41) is 10.4. The van der Waals surface area contributed by atoms with E-state index in [4.69, 9.17) is 0 Å². The summed E-state index contributed by atoms with van der Waals surface area (Å²) >= 11 is 0. The summed E-state index contributed by atoms with van der Waals surface area (Å²) in [4.78, 5) is 5.02. The van der Waals surface area contributed by atoms with Crippen molar-refractivity contribution in [3.8, 4) is 0 Å². The zero-order chi connectivity index (χ0) is 14.7. The Hall–Kier alpha value is -0.900. The topological polar surface area (TPSA) is 26.7 Å². The Morgan fingerprint density at radius 2 is 1.76 bits per heavy atom. The molecule has 0 amide bonds. The molecule has 116 valence electrons. The SMILES string of the molecule is CCCc1ccc(C(O)CN2CCN(C3CC3)CC2)cc1. The summed E-state index contributed by atoms with van der Waals surface area (Å²) in [6, 6.07) is 9.38. The third-order valence-electron chi connectivity index (χ3n) is 4.80. The zero-order valence-corrected chi connectivity index (χ0v) is 13.2. The molecule has 0 spiro atoms. The first-order valence-corrected chi connectivity index (χ1v) is 8.49. The van der Waals surface area contributed by atoms with Crippen LogP contribution >= 0.6 is 0 Å². The smallest absolute Gasteiger partial charge is 0.0916 e. The van der Waals surface area contributed by atoms with E-state index < -0.39 is 0 Å². The van der Waals surface area contributed by atoms with E-state index in [1.165, 1.54) is 37.9 Å². The van der Waals surface area contributed by atoms with Gasteiger partial charge in [-0.2, -0.15) is 0 Å². The minimum Gasteiger partial charge on any atom is -0.387 e. The minimum absolute atomic E-state index is 0.354. The van der Waals surface area contributed by atoms with Crippen LogP contribution in [-0.2, 0) is 6.42 Å². The highest BCUT2D eigenvalue weighted by Crippen LogP contribution is 2.27. The number of nitrogens with zero attached hydrogens (tertiary/aromatic N) is 2. The molecule has 3 rings (SSSR count). The Kier molecular flexibility index (Phi) is 4.94. The van der Waals surface area contributed by atoms with Crippen molar-refractivity contribution in [3.05, 3.63) is 35.4 Å². The van der Waals surface area contributed by atoms with Gasteiger partial charge >= 0.3 is 0 Å². The van der Waals surface area contributed by atoms with Crippen molar-refractivity contribution in [1.29, 1.82) is 0 Å². The fourth-order valence-corrected chi connectivity index (χ4v) is 3.30. The average Bonchev–Trinajstić information content (AvgIpc) is 3.34. The normalized spacial score (nSPS) is 22.4. The Morgan fingerprint density at radius 1 is 1.10 bits per heavy atom.